The first-order chi connectivity index (χ1) is 7.60. The summed E-state index contributed by atoms with van der Waals surface area (Å²) in [5.41, 5.74) is 5.58. The zero-order valence-electron chi connectivity index (χ0n) is 10.8. The monoisotopic (exact) mass is 220 g/mol. The van der Waals surface area contributed by atoms with Crippen LogP contribution in [-0.2, 0) is 0 Å². The van der Waals surface area contributed by atoms with Gasteiger partial charge in [0.15, 0.2) is 0 Å². The van der Waals surface area contributed by atoms with Crippen LogP contribution in [0.4, 0.5) is 0 Å². The van der Waals surface area contributed by atoms with Crippen molar-refractivity contribution < 1.29 is 0 Å². The Hall–Kier alpha value is -0.860. The summed E-state index contributed by atoms with van der Waals surface area (Å²) in [6.07, 6.45) is 1.13. The molecule has 0 amide bonds. The molecule has 0 spiro atoms. The van der Waals surface area contributed by atoms with E-state index in [1.165, 1.54) is 11.1 Å². The Morgan fingerprint density at radius 3 is 1.94 bits per heavy atom. The number of benzene rings is 1. The van der Waals surface area contributed by atoms with E-state index in [1.807, 2.05) is 0 Å². The number of nitrogens with one attached hydrogen (secondary N) is 1. The van der Waals surface area contributed by atoms with Gasteiger partial charge in [-0.1, -0.05) is 58.4 Å². The molecule has 0 radical (unpaired) electrons. The van der Waals surface area contributed by atoms with E-state index in [9.17, 15) is 0 Å². The largest absolute Gasteiger partial charge is 0.271 e. The van der Waals surface area contributed by atoms with Crippen molar-refractivity contribution in [2.45, 2.75) is 46.1 Å². The van der Waals surface area contributed by atoms with Crippen LogP contribution in [0.5, 0.6) is 0 Å². The molecule has 1 aromatic carbocycles. The number of nitrogens with two attached hydrogens (primary N) is 1. The molecule has 0 aliphatic rings. The van der Waals surface area contributed by atoms with Gasteiger partial charge in [-0.25, -0.2) is 0 Å². The lowest BCUT2D eigenvalue weighted by molar-refractivity contribution is 0.383. The van der Waals surface area contributed by atoms with Crippen LogP contribution in [0, 0.1) is 5.92 Å². The highest BCUT2D eigenvalue weighted by Gasteiger charge is 2.16. The second-order valence-electron chi connectivity index (χ2n) is 4.85. The molecule has 2 nitrogen and oxygen atoms in total. The molecule has 1 rings (SSSR count). The van der Waals surface area contributed by atoms with Gasteiger partial charge in [0.2, 0.25) is 0 Å². The average molecular weight is 220 g/mol. The van der Waals surface area contributed by atoms with E-state index in [0.29, 0.717) is 11.8 Å². The second kappa shape index (κ2) is 6.02. The summed E-state index contributed by atoms with van der Waals surface area (Å²) in [4.78, 5) is 0. The van der Waals surface area contributed by atoms with Gasteiger partial charge in [-0.15, -0.1) is 0 Å². The molecule has 1 aromatic rings. The standard InChI is InChI=1S/C14H24N2/c1-5-11(4)14(16-15)13-8-6-12(7-9-13)10(2)3/h6-11,14,16H,5,15H2,1-4H3. The molecular weight excluding hydrogens is 196 g/mol. The Kier molecular flexibility index (Phi) is 4.97. The zero-order valence-corrected chi connectivity index (χ0v) is 10.8. The molecule has 3 N–H and O–H groups in total. The molecule has 0 saturated carbocycles. The lowest BCUT2D eigenvalue weighted by Crippen LogP contribution is -2.32. The van der Waals surface area contributed by atoms with Crippen LogP contribution in [0.3, 0.4) is 0 Å². The molecule has 90 valence electrons. The highest BCUT2D eigenvalue weighted by Crippen LogP contribution is 2.25. The summed E-state index contributed by atoms with van der Waals surface area (Å²) in [7, 11) is 0. The Morgan fingerprint density at radius 2 is 1.56 bits per heavy atom. The van der Waals surface area contributed by atoms with Gasteiger partial charge in [0.25, 0.3) is 0 Å². The van der Waals surface area contributed by atoms with E-state index < -0.39 is 0 Å². The fraction of sp³-hybridized carbons (Fsp3) is 0.571. The molecule has 16 heavy (non-hydrogen) atoms. The SMILES string of the molecule is CCC(C)C(NN)c1ccc(C(C)C)cc1. The van der Waals surface area contributed by atoms with Crippen LogP contribution in [0.15, 0.2) is 24.3 Å². The smallest absolute Gasteiger partial charge is 0.0485 e. The maximum absolute atomic E-state index is 5.63. The summed E-state index contributed by atoms with van der Waals surface area (Å²) >= 11 is 0. The molecule has 2 atom stereocenters. The molecule has 0 fully saturated rings. The lowest BCUT2D eigenvalue weighted by Gasteiger charge is -2.23. The maximum atomic E-state index is 5.63. The van der Waals surface area contributed by atoms with Crippen molar-refractivity contribution in [3.63, 3.8) is 0 Å². The number of hydrazine groups is 1. The Bertz CT molecular complexity index is 303. The molecule has 0 aliphatic carbocycles. The highest BCUT2D eigenvalue weighted by atomic mass is 15.2. The first kappa shape index (κ1) is 13.2. The fourth-order valence-electron chi connectivity index (χ4n) is 1.91. The van der Waals surface area contributed by atoms with E-state index in [2.05, 4.69) is 57.4 Å². The minimum atomic E-state index is 0.256. The van der Waals surface area contributed by atoms with Gasteiger partial charge >= 0.3 is 0 Å². The summed E-state index contributed by atoms with van der Waals surface area (Å²) in [5.74, 6) is 6.77. The van der Waals surface area contributed by atoms with Crippen LogP contribution in [-0.4, -0.2) is 0 Å². The average Bonchev–Trinajstić information content (AvgIpc) is 2.30. The predicted octanol–water partition coefficient (Wildman–Crippen LogP) is 3.36. The topological polar surface area (TPSA) is 38.0 Å². The lowest BCUT2D eigenvalue weighted by atomic mass is 9.91. The normalized spacial score (nSPS) is 15.1. The Labute approximate surface area is 99.2 Å². The van der Waals surface area contributed by atoms with Crippen molar-refractivity contribution in [3.8, 4) is 0 Å². The van der Waals surface area contributed by atoms with Crippen molar-refractivity contribution in [2.75, 3.05) is 0 Å². The summed E-state index contributed by atoms with van der Waals surface area (Å²) in [6.45, 7) is 8.84. The maximum Gasteiger partial charge on any atom is 0.0485 e. The quantitative estimate of drug-likeness (QED) is 0.590. The van der Waals surface area contributed by atoms with Gasteiger partial charge in [0.1, 0.15) is 0 Å². The van der Waals surface area contributed by atoms with Crippen molar-refractivity contribution in [3.05, 3.63) is 35.4 Å². The van der Waals surface area contributed by atoms with Gasteiger partial charge in [0.05, 0.1) is 0 Å². The van der Waals surface area contributed by atoms with E-state index in [-0.39, 0.29) is 6.04 Å². The van der Waals surface area contributed by atoms with Gasteiger partial charge in [-0.2, -0.15) is 0 Å². The first-order valence-corrected chi connectivity index (χ1v) is 6.16. The minimum Gasteiger partial charge on any atom is -0.271 e. The molecular formula is C14H24N2. The van der Waals surface area contributed by atoms with Gasteiger partial charge in [-0.05, 0) is 23.0 Å². The molecule has 0 aliphatic heterocycles. The number of hydrogen-bond donors (Lipinski definition) is 2. The molecule has 0 aromatic heterocycles. The number of hydrogen-bond acceptors (Lipinski definition) is 2. The van der Waals surface area contributed by atoms with Crippen LogP contribution in [0.2, 0.25) is 0 Å². The third-order valence-electron chi connectivity index (χ3n) is 3.35. The Balaban J connectivity index is 2.86. The van der Waals surface area contributed by atoms with Crippen LogP contribution in [0.25, 0.3) is 0 Å². The molecule has 2 heteroatoms. The van der Waals surface area contributed by atoms with Crippen LogP contribution < -0.4 is 11.3 Å². The van der Waals surface area contributed by atoms with Crippen molar-refractivity contribution >= 4 is 0 Å². The minimum absolute atomic E-state index is 0.256. The number of rotatable bonds is 5. The Morgan fingerprint density at radius 1 is 1.06 bits per heavy atom. The molecule has 0 heterocycles. The highest BCUT2D eigenvalue weighted by molar-refractivity contribution is 5.27. The van der Waals surface area contributed by atoms with Crippen LogP contribution in [0.1, 0.15) is 57.2 Å². The molecule has 2 unspecified atom stereocenters. The van der Waals surface area contributed by atoms with Gasteiger partial charge in [-0.3, -0.25) is 11.3 Å². The summed E-state index contributed by atoms with van der Waals surface area (Å²) in [5, 5.41) is 0. The zero-order chi connectivity index (χ0) is 12.1. The third kappa shape index (κ3) is 3.06. The second-order valence-corrected chi connectivity index (χ2v) is 4.85. The van der Waals surface area contributed by atoms with Crippen molar-refractivity contribution in [2.24, 2.45) is 11.8 Å². The predicted molar refractivity (Wildman–Crippen MR) is 70.1 cm³/mol. The summed E-state index contributed by atoms with van der Waals surface area (Å²) < 4.78 is 0. The van der Waals surface area contributed by atoms with Crippen molar-refractivity contribution in [1.29, 1.82) is 0 Å². The fourth-order valence-corrected chi connectivity index (χ4v) is 1.91. The molecule has 0 saturated heterocycles. The van der Waals surface area contributed by atoms with Crippen LogP contribution >= 0.6 is 0 Å². The van der Waals surface area contributed by atoms with Gasteiger partial charge in [0, 0.05) is 6.04 Å². The van der Waals surface area contributed by atoms with E-state index in [4.69, 9.17) is 5.84 Å². The van der Waals surface area contributed by atoms with E-state index in [0.717, 1.165) is 6.42 Å². The van der Waals surface area contributed by atoms with Gasteiger partial charge < -0.3 is 0 Å². The molecule has 0 bridgehead atoms. The van der Waals surface area contributed by atoms with Crippen molar-refractivity contribution in [1.82, 2.24) is 5.43 Å². The summed E-state index contributed by atoms with van der Waals surface area (Å²) in [6, 6.07) is 9.03. The third-order valence-corrected chi connectivity index (χ3v) is 3.35. The van der Waals surface area contributed by atoms with E-state index >= 15 is 0 Å². The van der Waals surface area contributed by atoms with E-state index in [1.54, 1.807) is 0 Å². The first-order valence-electron chi connectivity index (χ1n) is 6.16.